The van der Waals surface area contributed by atoms with Crippen LogP contribution in [0.5, 0.6) is 0 Å². The van der Waals surface area contributed by atoms with Crippen molar-refractivity contribution in [1.29, 1.82) is 0 Å². The zero-order valence-corrected chi connectivity index (χ0v) is 11.5. The Balaban J connectivity index is 2.40. The van der Waals surface area contributed by atoms with Crippen molar-refractivity contribution in [3.63, 3.8) is 0 Å². The molecule has 5 nitrogen and oxygen atoms in total. The van der Waals surface area contributed by atoms with E-state index in [9.17, 15) is 21.0 Å². The Kier molecular flexibility index (Phi) is 2.72. The fraction of sp³-hybridized carbons (Fsp3) is 0. The van der Waals surface area contributed by atoms with Gasteiger partial charge in [0.15, 0.2) is 0 Å². The minimum absolute atomic E-state index is 0.0118. The summed E-state index contributed by atoms with van der Waals surface area (Å²) in [6, 6.07) is 10.1. The Morgan fingerprint density at radius 3 is 1.90 bits per heavy atom. The zero-order valence-electron chi connectivity index (χ0n) is 10.1. The van der Waals surface area contributed by atoms with Crippen LogP contribution in [0.3, 0.4) is 0 Å². The molecule has 1 N–H and O–H groups in total. The van der Waals surface area contributed by atoms with Crippen LogP contribution in [0.15, 0.2) is 42.5 Å². The van der Waals surface area contributed by atoms with Gasteiger partial charge in [-0.25, -0.2) is 0 Å². The number of hydrogen-bond donors (Lipinski definition) is 1. The molecule has 0 saturated heterocycles. The van der Waals surface area contributed by atoms with Crippen LogP contribution in [0.4, 0.5) is 0 Å². The van der Waals surface area contributed by atoms with Gasteiger partial charge in [0.1, 0.15) is 0 Å². The monoisotopic (exact) mass is 307 g/mol. The number of carbonyl (C=O) groups excluding carboxylic acids is 2. The van der Waals surface area contributed by atoms with Crippen LogP contribution < -0.4 is 4.28 Å². The van der Waals surface area contributed by atoms with Gasteiger partial charge in [-0.05, 0) is 0 Å². The fourth-order valence-corrected chi connectivity index (χ4v) is 3.58. The van der Waals surface area contributed by atoms with E-state index in [0.717, 1.165) is 6.07 Å². The third-order valence-corrected chi connectivity index (χ3v) is 4.77. The van der Waals surface area contributed by atoms with Crippen LogP contribution in [0, 0.1) is 0 Å². The number of ketones is 2. The number of benzene rings is 2. The molecule has 0 bridgehead atoms. The predicted octanol–water partition coefficient (Wildman–Crippen LogP) is 0.839. The summed E-state index contributed by atoms with van der Waals surface area (Å²) < 4.78 is 31.7. The average Bonchev–Trinajstić information content (AvgIpc) is 2.43. The van der Waals surface area contributed by atoms with E-state index < -0.39 is 30.1 Å². The van der Waals surface area contributed by atoms with Gasteiger partial charge in [-0.3, -0.25) is 0 Å². The molecule has 0 atom stereocenters. The summed E-state index contributed by atoms with van der Waals surface area (Å²) in [5.41, 5.74) is 0.184. The molecule has 99 valence electrons. The molecular weight excluding hydrogens is 299 g/mol. The summed E-state index contributed by atoms with van der Waals surface area (Å²) in [6.45, 7) is 0. The Hall–Kier alpha value is -2.08. The number of hydrogen-bond acceptors (Lipinski definition) is 4. The Labute approximate surface area is 116 Å². The van der Waals surface area contributed by atoms with E-state index in [-0.39, 0.29) is 22.3 Å². The van der Waals surface area contributed by atoms with Gasteiger partial charge >= 0.3 is 116 Å². The van der Waals surface area contributed by atoms with E-state index in [4.69, 9.17) is 0 Å². The minimum atomic E-state index is -5.54. The molecule has 0 spiro atoms. The number of carbonyl (C=O) groups is 2. The van der Waals surface area contributed by atoms with Crippen LogP contribution in [0.25, 0.3) is 0 Å². The van der Waals surface area contributed by atoms with Crippen LogP contribution >= 0.6 is 0 Å². The normalized spacial score (nSPS) is 13.8. The molecule has 0 fully saturated rings. The summed E-state index contributed by atoms with van der Waals surface area (Å²) in [5, 5.41) is 0. The first-order chi connectivity index (χ1) is 9.41. The molecule has 0 aromatic heterocycles. The van der Waals surface area contributed by atoms with E-state index in [1.165, 1.54) is 24.3 Å². The zero-order chi connectivity index (χ0) is 14.5. The van der Waals surface area contributed by atoms with Crippen LogP contribution in [-0.2, 0) is 21.6 Å². The van der Waals surface area contributed by atoms with E-state index in [1.54, 1.807) is 12.1 Å². The van der Waals surface area contributed by atoms with Gasteiger partial charge < -0.3 is 0 Å². The second-order valence-electron chi connectivity index (χ2n) is 4.42. The van der Waals surface area contributed by atoms with Crippen molar-refractivity contribution in [2.75, 3.05) is 0 Å². The van der Waals surface area contributed by atoms with Crippen molar-refractivity contribution < 1.29 is 35.2 Å². The van der Waals surface area contributed by atoms with Crippen LogP contribution in [-0.4, -0.2) is 15.6 Å². The van der Waals surface area contributed by atoms with E-state index in [0.29, 0.717) is 0 Å². The van der Waals surface area contributed by atoms with E-state index >= 15 is 0 Å². The molecule has 0 amide bonds. The van der Waals surface area contributed by atoms with Crippen LogP contribution in [0.2, 0.25) is 0 Å². The van der Waals surface area contributed by atoms with Crippen molar-refractivity contribution in [3.05, 3.63) is 64.7 Å². The maximum atomic E-state index is 12.4. The molecule has 2 aromatic rings. The molecule has 1 aliphatic carbocycles. The quantitative estimate of drug-likeness (QED) is 0.719. The fourth-order valence-electron chi connectivity index (χ4n) is 2.36. The standard InChI is InChI=1S/C14H7O2.H2O.2O.V/c15-13-9-5-1-2-6-10(9)14(16)12-8-4-3-7-11(12)13;;;;/h1-7H;1H2;;;/q;;;;+1/p-1. The van der Waals surface area contributed by atoms with Crippen LogP contribution in [0.1, 0.15) is 31.8 Å². The molecule has 20 heavy (non-hydrogen) atoms. The number of fused-ring (bicyclic) bond motifs is 2. The molecule has 0 radical (unpaired) electrons. The molecule has 2 aromatic carbocycles. The summed E-state index contributed by atoms with van der Waals surface area (Å²) in [7, 11) is 0. The number of rotatable bonds is 1. The molecule has 3 rings (SSSR count). The maximum absolute atomic E-state index is 12.4. The van der Waals surface area contributed by atoms with Gasteiger partial charge in [0.05, 0.1) is 0 Å². The second kappa shape index (κ2) is 4.21. The first-order valence-electron chi connectivity index (χ1n) is 5.77. The van der Waals surface area contributed by atoms with E-state index in [2.05, 4.69) is 0 Å². The molecule has 1 aliphatic rings. The molecule has 0 saturated carbocycles. The third kappa shape index (κ3) is 1.76. The van der Waals surface area contributed by atoms with Crippen molar-refractivity contribution in [2.24, 2.45) is 0 Å². The van der Waals surface area contributed by atoms with Gasteiger partial charge in [-0.15, -0.1) is 0 Å². The first kappa shape index (κ1) is 12.9. The Morgan fingerprint density at radius 2 is 1.30 bits per heavy atom. The average molecular weight is 307 g/mol. The molecule has 0 unspecified atom stereocenters. The Morgan fingerprint density at radius 1 is 0.750 bits per heavy atom. The van der Waals surface area contributed by atoms with Gasteiger partial charge in [0, 0.05) is 0 Å². The van der Waals surface area contributed by atoms with E-state index in [1.807, 2.05) is 0 Å². The van der Waals surface area contributed by atoms with Gasteiger partial charge in [0.2, 0.25) is 0 Å². The topological polar surface area (TPSA) is 88.5 Å². The summed E-state index contributed by atoms with van der Waals surface area (Å²) >= 11 is -5.54. The molecule has 0 aliphatic heterocycles. The second-order valence-corrected chi connectivity index (χ2v) is 6.80. The first-order valence-corrected chi connectivity index (χ1v) is 8.23. The molecule has 0 heterocycles. The van der Waals surface area contributed by atoms with Gasteiger partial charge in [0.25, 0.3) is 0 Å². The summed E-state index contributed by atoms with van der Waals surface area (Å²) in [4.78, 5) is 24.7. The molecule has 6 heteroatoms. The molecular formula is C14H8O5V. The van der Waals surface area contributed by atoms with Crippen molar-refractivity contribution in [2.45, 2.75) is 0 Å². The summed E-state index contributed by atoms with van der Waals surface area (Å²) in [5.74, 6) is -0.974. The van der Waals surface area contributed by atoms with Crippen molar-refractivity contribution >= 4 is 15.8 Å². The van der Waals surface area contributed by atoms with Crippen molar-refractivity contribution in [3.8, 4) is 0 Å². The van der Waals surface area contributed by atoms with Gasteiger partial charge in [-0.1, -0.05) is 0 Å². The SMILES string of the molecule is O=C1c2ccccc2C(=O)c2c1ccc[c]2[V](=[O])(=[O])[OH]. The third-order valence-electron chi connectivity index (χ3n) is 3.23. The summed E-state index contributed by atoms with van der Waals surface area (Å²) in [6.07, 6.45) is 0. The Bertz CT molecular complexity index is 865. The predicted molar refractivity (Wildman–Crippen MR) is 63.0 cm³/mol. The van der Waals surface area contributed by atoms with Gasteiger partial charge in [-0.2, -0.15) is 0 Å². The van der Waals surface area contributed by atoms with Crippen molar-refractivity contribution in [1.82, 2.24) is 0 Å².